The molecule has 0 heterocycles. The molecule has 0 aliphatic rings. The molecular formula is C8H17ClN2O. The van der Waals surface area contributed by atoms with Crippen LogP contribution in [0.1, 0.15) is 13.3 Å². The molecule has 0 radical (unpaired) electrons. The van der Waals surface area contributed by atoms with E-state index < -0.39 is 0 Å². The van der Waals surface area contributed by atoms with E-state index in [0.29, 0.717) is 12.3 Å². The van der Waals surface area contributed by atoms with Crippen LogP contribution in [-0.4, -0.2) is 43.4 Å². The first-order valence-corrected chi connectivity index (χ1v) is 4.59. The van der Waals surface area contributed by atoms with Gasteiger partial charge in [-0.1, -0.05) is 0 Å². The molecule has 0 aromatic carbocycles. The van der Waals surface area contributed by atoms with Gasteiger partial charge in [-0.25, -0.2) is 0 Å². The van der Waals surface area contributed by atoms with Crippen LogP contribution in [0.2, 0.25) is 0 Å². The van der Waals surface area contributed by atoms with Crippen LogP contribution in [0.5, 0.6) is 0 Å². The van der Waals surface area contributed by atoms with Gasteiger partial charge in [0.15, 0.2) is 0 Å². The van der Waals surface area contributed by atoms with E-state index in [-0.39, 0.29) is 11.9 Å². The van der Waals surface area contributed by atoms with E-state index >= 15 is 0 Å². The Morgan fingerprint density at radius 2 is 2.17 bits per heavy atom. The third-order valence-electron chi connectivity index (χ3n) is 1.37. The van der Waals surface area contributed by atoms with E-state index in [4.69, 9.17) is 11.6 Å². The van der Waals surface area contributed by atoms with Crippen molar-refractivity contribution in [3.05, 3.63) is 0 Å². The number of halogens is 1. The average Bonchev–Trinajstić information content (AvgIpc) is 1.84. The predicted octanol–water partition coefficient (Wildman–Crippen LogP) is 0.682. The molecule has 1 unspecified atom stereocenters. The number of carbonyl (C=O) groups excluding carboxylic acids is 1. The summed E-state index contributed by atoms with van der Waals surface area (Å²) in [7, 11) is 3.95. The second kappa shape index (κ2) is 6.26. The Labute approximate surface area is 79.1 Å². The van der Waals surface area contributed by atoms with Gasteiger partial charge in [-0.2, -0.15) is 0 Å². The fourth-order valence-electron chi connectivity index (χ4n) is 1.03. The maximum atomic E-state index is 11.0. The van der Waals surface area contributed by atoms with Crippen LogP contribution in [-0.2, 0) is 4.79 Å². The molecule has 0 aromatic rings. The van der Waals surface area contributed by atoms with Crippen LogP contribution < -0.4 is 5.32 Å². The van der Waals surface area contributed by atoms with Gasteiger partial charge in [-0.05, 0) is 21.0 Å². The summed E-state index contributed by atoms with van der Waals surface area (Å²) in [5, 5.41) is 2.85. The molecular weight excluding hydrogens is 176 g/mol. The van der Waals surface area contributed by atoms with Crippen LogP contribution in [0.25, 0.3) is 0 Å². The van der Waals surface area contributed by atoms with Crippen molar-refractivity contribution in [2.24, 2.45) is 0 Å². The summed E-state index contributed by atoms with van der Waals surface area (Å²) < 4.78 is 0. The molecule has 0 spiro atoms. The highest BCUT2D eigenvalue weighted by Gasteiger charge is 2.06. The molecule has 0 aliphatic heterocycles. The van der Waals surface area contributed by atoms with Gasteiger partial charge >= 0.3 is 0 Å². The molecule has 0 aliphatic carbocycles. The van der Waals surface area contributed by atoms with Crippen LogP contribution in [0.3, 0.4) is 0 Å². The average molecular weight is 193 g/mol. The maximum absolute atomic E-state index is 11.0. The number of hydrogen-bond acceptors (Lipinski definition) is 2. The summed E-state index contributed by atoms with van der Waals surface area (Å²) in [4.78, 5) is 13.1. The zero-order chi connectivity index (χ0) is 9.56. The van der Waals surface area contributed by atoms with Crippen LogP contribution >= 0.6 is 11.6 Å². The molecule has 0 saturated heterocycles. The molecule has 3 nitrogen and oxygen atoms in total. The molecule has 0 rings (SSSR count). The number of nitrogens with zero attached hydrogens (tertiary/aromatic N) is 1. The van der Waals surface area contributed by atoms with E-state index in [9.17, 15) is 4.79 Å². The molecule has 0 fully saturated rings. The fourth-order valence-corrected chi connectivity index (χ4v) is 1.20. The van der Waals surface area contributed by atoms with Gasteiger partial charge in [0.2, 0.25) is 5.91 Å². The van der Waals surface area contributed by atoms with Gasteiger partial charge in [0.25, 0.3) is 0 Å². The van der Waals surface area contributed by atoms with Gasteiger partial charge in [0.05, 0.1) is 0 Å². The minimum Gasteiger partial charge on any atom is -0.352 e. The monoisotopic (exact) mass is 192 g/mol. The summed E-state index contributed by atoms with van der Waals surface area (Å²) in [6, 6.07) is 0.190. The van der Waals surface area contributed by atoms with E-state index in [2.05, 4.69) is 5.32 Å². The number of carbonyl (C=O) groups is 1. The van der Waals surface area contributed by atoms with Crippen molar-refractivity contribution in [3.63, 3.8) is 0 Å². The zero-order valence-electron chi connectivity index (χ0n) is 7.93. The smallest absolute Gasteiger partial charge is 0.221 e. The molecule has 1 atom stereocenters. The lowest BCUT2D eigenvalue weighted by Gasteiger charge is -2.17. The Morgan fingerprint density at radius 3 is 2.58 bits per heavy atom. The molecule has 72 valence electrons. The van der Waals surface area contributed by atoms with Gasteiger partial charge in [-0.15, -0.1) is 11.6 Å². The molecule has 4 heteroatoms. The summed E-state index contributed by atoms with van der Waals surface area (Å²) in [5.74, 6) is 0.417. The number of rotatable bonds is 5. The molecule has 0 saturated carbocycles. The summed E-state index contributed by atoms with van der Waals surface area (Å²) in [6.45, 7) is 2.83. The number of nitrogens with one attached hydrogen (secondary N) is 1. The first-order chi connectivity index (χ1) is 5.56. The van der Waals surface area contributed by atoms with Crippen molar-refractivity contribution in [2.45, 2.75) is 19.4 Å². The first-order valence-electron chi connectivity index (χ1n) is 4.06. The van der Waals surface area contributed by atoms with Crippen LogP contribution in [0.4, 0.5) is 0 Å². The fraction of sp³-hybridized carbons (Fsp3) is 0.875. The minimum atomic E-state index is 0.0272. The van der Waals surface area contributed by atoms with Crippen molar-refractivity contribution < 1.29 is 4.79 Å². The first kappa shape index (κ1) is 11.7. The molecule has 1 N–H and O–H groups in total. The van der Waals surface area contributed by atoms with Crippen molar-refractivity contribution in [1.82, 2.24) is 10.2 Å². The Morgan fingerprint density at radius 1 is 1.58 bits per heavy atom. The number of hydrogen-bond donors (Lipinski definition) is 1. The van der Waals surface area contributed by atoms with Crippen molar-refractivity contribution in [2.75, 3.05) is 26.5 Å². The zero-order valence-corrected chi connectivity index (χ0v) is 8.69. The number of likely N-dealkylation sites (N-methyl/N-ethyl adjacent to an activating group) is 1. The SMILES string of the molecule is CC(CN(C)C)NC(=O)CCCl. The Kier molecular flexibility index (Phi) is 6.11. The van der Waals surface area contributed by atoms with E-state index in [1.807, 2.05) is 25.9 Å². The third-order valence-corrected chi connectivity index (χ3v) is 1.56. The van der Waals surface area contributed by atoms with Gasteiger partial charge < -0.3 is 10.2 Å². The standard InChI is InChI=1S/C8H17ClN2O/c1-7(6-11(2)3)10-8(12)4-5-9/h7H,4-6H2,1-3H3,(H,10,12). The summed E-state index contributed by atoms with van der Waals surface area (Å²) in [5.41, 5.74) is 0. The molecule has 1 amide bonds. The van der Waals surface area contributed by atoms with Crippen molar-refractivity contribution in [3.8, 4) is 0 Å². The molecule has 0 aromatic heterocycles. The minimum absolute atomic E-state index is 0.0272. The van der Waals surface area contributed by atoms with Crippen molar-refractivity contribution >= 4 is 17.5 Å². The Balaban J connectivity index is 3.54. The lowest BCUT2D eigenvalue weighted by atomic mass is 10.3. The van der Waals surface area contributed by atoms with Crippen LogP contribution in [0, 0.1) is 0 Å². The van der Waals surface area contributed by atoms with Gasteiger partial charge in [0.1, 0.15) is 0 Å². The quantitative estimate of drug-likeness (QED) is 0.650. The van der Waals surface area contributed by atoms with E-state index in [0.717, 1.165) is 6.54 Å². The highest BCUT2D eigenvalue weighted by atomic mass is 35.5. The predicted molar refractivity (Wildman–Crippen MR) is 51.5 cm³/mol. The second-order valence-electron chi connectivity index (χ2n) is 3.17. The van der Waals surface area contributed by atoms with E-state index in [1.54, 1.807) is 0 Å². The van der Waals surface area contributed by atoms with Gasteiger partial charge in [0, 0.05) is 24.9 Å². The normalized spacial score (nSPS) is 13.1. The van der Waals surface area contributed by atoms with Crippen molar-refractivity contribution in [1.29, 1.82) is 0 Å². The third kappa shape index (κ3) is 6.43. The maximum Gasteiger partial charge on any atom is 0.221 e. The molecule has 0 bridgehead atoms. The largest absolute Gasteiger partial charge is 0.352 e. The summed E-state index contributed by atoms with van der Waals surface area (Å²) >= 11 is 5.41. The number of amides is 1. The highest BCUT2D eigenvalue weighted by molar-refractivity contribution is 6.18. The Hall–Kier alpha value is -0.280. The highest BCUT2D eigenvalue weighted by Crippen LogP contribution is 1.89. The topological polar surface area (TPSA) is 32.3 Å². The lowest BCUT2D eigenvalue weighted by Crippen LogP contribution is -2.39. The lowest BCUT2D eigenvalue weighted by molar-refractivity contribution is -0.121. The summed E-state index contributed by atoms with van der Waals surface area (Å²) in [6.07, 6.45) is 0.402. The van der Waals surface area contributed by atoms with Gasteiger partial charge in [-0.3, -0.25) is 4.79 Å². The Bertz CT molecular complexity index is 139. The molecule has 12 heavy (non-hydrogen) atoms. The van der Waals surface area contributed by atoms with E-state index in [1.165, 1.54) is 0 Å². The van der Waals surface area contributed by atoms with Crippen LogP contribution in [0.15, 0.2) is 0 Å². The second-order valence-corrected chi connectivity index (χ2v) is 3.55. The number of alkyl halides is 1.